The lowest BCUT2D eigenvalue weighted by Gasteiger charge is -2.17. The van der Waals surface area contributed by atoms with Crippen LogP contribution in [0.2, 0.25) is 0 Å². The molecule has 0 spiro atoms. The molecule has 1 aromatic rings. The summed E-state index contributed by atoms with van der Waals surface area (Å²) in [5.74, 6) is -2.26. The van der Waals surface area contributed by atoms with Gasteiger partial charge in [0.2, 0.25) is 5.91 Å². The van der Waals surface area contributed by atoms with Crippen molar-refractivity contribution >= 4 is 11.7 Å². The number of nitrogens with zero attached hydrogens (tertiary/aromatic N) is 2. The summed E-state index contributed by atoms with van der Waals surface area (Å²) in [5.41, 5.74) is 0.926. The lowest BCUT2D eigenvalue weighted by molar-refractivity contribution is -0.123. The molecule has 1 amide bonds. The van der Waals surface area contributed by atoms with Crippen molar-refractivity contribution in [3.8, 4) is 0 Å². The van der Waals surface area contributed by atoms with Crippen LogP contribution in [0, 0.1) is 0 Å². The third kappa shape index (κ3) is 3.52. The summed E-state index contributed by atoms with van der Waals surface area (Å²) >= 11 is 0. The zero-order chi connectivity index (χ0) is 15.6. The molecular formula is C15H20F2N4O. The summed E-state index contributed by atoms with van der Waals surface area (Å²) in [6.45, 7) is 1.90. The first-order valence-electron chi connectivity index (χ1n) is 7.62. The van der Waals surface area contributed by atoms with Crippen molar-refractivity contribution in [2.75, 3.05) is 24.5 Å². The van der Waals surface area contributed by atoms with E-state index in [9.17, 15) is 13.6 Å². The van der Waals surface area contributed by atoms with Gasteiger partial charge in [0.25, 0.3) is 5.92 Å². The first-order chi connectivity index (χ1) is 10.5. The van der Waals surface area contributed by atoms with E-state index in [0.29, 0.717) is 6.54 Å². The van der Waals surface area contributed by atoms with Crippen LogP contribution < -0.4 is 15.5 Å². The number of nitrogens with one attached hydrogen (secondary N) is 2. The van der Waals surface area contributed by atoms with Crippen LogP contribution in [0.3, 0.4) is 0 Å². The molecule has 0 radical (unpaired) electrons. The van der Waals surface area contributed by atoms with Crippen LogP contribution >= 0.6 is 0 Å². The van der Waals surface area contributed by atoms with E-state index < -0.39 is 24.9 Å². The van der Waals surface area contributed by atoms with E-state index in [0.717, 1.165) is 24.5 Å². The second-order valence-corrected chi connectivity index (χ2v) is 5.93. The largest absolute Gasteiger partial charge is 0.357 e. The summed E-state index contributed by atoms with van der Waals surface area (Å²) in [6, 6.07) is 2.97. The fourth-order valence-electron chi connectivity index (χ4n) is 2.90. The van der Waals surface area contributed by atoms with Crippen LogP contribution in [-0.4, -0.2) is 42.5 Å². The SMILES string of the molecule is O=C(NCc1ccnc(N2CCCC2)c1)C1CC(F)(F)CN1. The van der Waals surface area contributed by atoms with Crippen molar-refractivity contribution in [3.05, 3.63) is 23.9 Å². The monoisotopic (exact) mass is 310 g/mol. The lowest BCUT2D eigenvalue weighted by atomic mass is 10.1. The second-order valence-electron chi connectivity index (χ2n) is 5.93. The number of rotatable bonds is 4. The highest BCUT2D eigenvalue weighted by molar-refractivity contribution is 5.82. The number of pyridine rings is 1. The maximum atomic E-state index is 13.1. The van der Waals surface area contributed by atoms with Gasteiger partial charge in [-0.25, -0.2) is 13.8 Å². The Balaban J connectivity index is 1.55. The van der Waals surface area contributed by atoms with Gasteiger partial charge in [-0.15, -0.1) is 0 Å². The number of carbonyl (C=O) groups excluding carboxylic acids is 1. The van der Waals surface area contributed by atoms with Crippen LogP contribution in [0.4, 0.5) is 14.6 Å². The molecule has 2 saturated heterocycles. The minimum Gasteiger partial charge on any atom is -0.357 e. The number of carbonyl (C=O) groups is 1. The normalized spacial score (nSPS) is 23.7. The summed E-state index contributed by atoms with van der Waals surface area (Å²) in [7, 11) is 0. The minimum atomic E-state index is -2.79. The van der Waals surface area contributed by atoms with E-state index in [4.69, 9.17) is 0 Å². The zero-order valence-electron chi connectivity index (χ0n) is 12.3. The molecule has 1 unspecified atom stereocenters. The molecule has 3 rings (SSSR count). The van der Waals surface area contributed by atoms with Gasteiger partial charge in [-0.2, -0.15) is 0 Å². The number of alkyl halides is 2. The Hall–Kier alpha value is -1.76. The average molecular weight is 310 g/mol. The van der Waals surface area contributed by atoms with Gasteiger partial charge in [0, 0.05) is 32.3 Å². The van der Waals surface area contributed by atoms with Crippen LogP contribution in [-0.2, 0) is 11.3 Å². The van der Waals surface area contributed by atoms with Crippen LogP contribution in [0.15, 0.2) is 18.3 Å². The molecule has 1 atom stereocenters. The second kappa shape index (κ2) is 6.16. The number of hydrogen-bond acceptors (Lipinski definition) is 4. The van der Waals surface area contributed by atoms with E-state index in [-0.39, 0.29) is 5.91 Å². The molecule has 5 nitrogen and oxygen atoms in total. The molecule has 0 bridgehead atoms. The van der Waals surface area contributed by atoms with Gasteiger partial charge in [0.15, 0.2) is 0 Å². The van der Waals surface area contributed by atoms with Gasteiger partial charge >= 0.3 is 0 Å². The Morgan fingerprint density at radius 1 is 1.45 bits per heavy atom. The molecule has 0 saturated carbocycles. The fourth-order valence-corrected chi connectivity index (χ4v) is 2.90. The third-order valence-corrected chi connectivity index (χ3v) is 4.13. The van der Waals surface area contributed by atoms with E-state index >= 15 is 0 Å². The van der Waals surface area contributed by atoms with Crippen molar-refractivity contribution in [2.24, 2.45) is 0 Å². The Bertz CT molecular complexity index is 546. The molecule has 2 aliphatic rings. The molecule has 120 valence electrons. The van der Waals surface area contributed by atoms with E-state index in [2.05, 4.69) is 20.5 Å². The van der Waals surface area contributed by atoms with Crippen molar-refractivity contribution < 1.29 is 13.6 Å². The molecule has 0 aromatic carbocycles. The minimum absolute atomic E-state index is 0.325. The smallest absolute Gasteiger partial charge is 0.262 e. The predicted octanol–water partition coefficient (Wildman–Crippen LogP) is 1.30. The van der Waals surface area contributed by atoms with Gasteiger partial charge < -0.3 is 10.2 Å². The zero-order valence-corrected chi connectivity index (χ0v) is 12.3. The highest BCUT2D eigenvalue weighted by Gasteiger charge is 2.42. The summed E-state index contributed by atoms with van der Waals surface area (Å²) < 4.78 is 26.2. The number of halogens is 2. The number of anilines is 1. The van der Waals surface area contributed by atoms with Crippen LogP contribution in [0.5, 0.6) is 0 Å². The molecule has 3 heterocycles. The van der Waals surface area contributed by atoms with Crippen molar-refractivity contribution in [2.45, 2.75) is 37.8 Å². The van der Waals surface area contributed by atoms with Crippen molar-refractivity contribution in [3.63, 3.8) is 0 Å². The highest BCUT2D eigenvalue weighted by Crippen LogP contribution is 2.25. The summed E-state index contributed by atoms with van der Waals surface area (Å²) in [6.07, 6.45) is 3.62. The summed E-state index contributed by atoms with van der Waals surface area (Å²) in [5, 5.41) is 5.27. The fraction of sp³-hybridized carbons (Fsp3) is 0.600. The molecule has 2 fully saturated rings. The van der Waals surface area contributed by atoms with E-state index in [1.807, 2.05) is 12.1 Å². The topological polar surface area (TPSA) is 57.3 Å². The predicted molar refractivity (Wildman–Crippen MR) is 78.9 cm³/mol. The molecule has 0 aliphatic carbocycles. The van der Waals surface area contributed by atoms with Crippen LogP contribution in [0.25, 0.3) is 0 Å². The Labute approximate surface area is 128 Å². The molecule has 2 aliphatic heterocycles. The Kier molecular flexibility index (Phi) is 4.24. The van der Waals surface area contributed by atoms with Gasteiger partial charge in [0.05, 0.1) is 12.6 Å². The first-order valence-corrected chi connectivity index (χ1v) is 7.62. The summed E-state index contributed by atoms with van der Waals surface area (Å²) in [4.78, 5) is 18.5. The lowest BCUT2D eigenvalue weighted by Crippen LogP contribution is -2.40. The van der Waals surface area contributed by atoms with Crippen LogP contribution in [0.1, 0.15) is 24.8 Å². The number of aromatic nitrogens is 1. The maximum absolute atomic E-state index is 13.1. The molecule has 22 heavy (non-hydrogen) atoms. The molecule has 1 aromatic heterocycles. The number of hydrogen-bond donors (Lipinski definition) is 2. The average Bonchev–Trinajstić information content (AvgIpc) is 3.14. The van der Waals surface area contributed by atoms with Crippen molar-refractivity contribution in [1.82, 2.24) is 15.6 Å². The number of amides is 1. The first kappa shape index (κ1) is 15.1. The molecule has 2 N–H and O–H groups in total. The highest BCUT2D eigenvalue weighted by atomic mass is 19.3. The van der Waals surface area contributed by atoms with Gasteiger partial charge in [0.1, 0.15) is 5.82 Å². The molecular weight excluding hydrogens is 290 g/mol. The van der Waals surface area contributed by atoms with Gasteiger partial charge in [-0.3, -0.25) is 10.1 Å². The Morgan fingerprint density at radius 3 is 2.91 bits per heavy atom. The molecule has 7 heteroatoms. The third-order valence-electron chi connectivity index (χ3n) is 4.13. The standard InChI is InChI=1S/C15H20F2N4O/c16-15(17)8-12(20-10-15)14(22)19-9-11-3-4-18-13(7-11)21-5-1-2-6-21/h3-4,7,12,20H,1-2,5-6,8-10H2,(H,19,22). The van der Waals surface area contributed by atoms with E-state index in [1.54, 1.807) is 6.20 Å². The maximum Gasteiger partial charge on any atom is 0.262 e. The quantitative estimate of drug-likeness (QED) is 0.880. The Morgan fingerprint density at radius 2 is 2.23 bits per heavy atom. The van der Waals surface area contributed by atoms with Crippen molar-refractivity contribution in [1.29, 1.82) is 0 Å². The van der Waals surface area contributed by atoms with E-state index in [1.165, 1.54) is 12.8 Å². The van der Waals surface area contributed by atoms with Gasteiger partial charge in [-0.1, -0.05) is 0 Å². The van der Waals surface area contributed by atoms with Gasteiger partial charge in [-0.05, 0) is 30.5 Å².